The van der Waals surface area contributed by atoms with Crippen LogP contribution in [0.4, 0.5) is 0 Å². The van der Waals surface area contributed by atoms with E-state index in [9.17, 15) is 0 Å². The second kappa shape index (κ2) is 4.67. The number of hydrogen-bond acceptors (Lipinski definition) is 2. The van der Waals surface area contributed by atoms with Crippen LogP contribution in [0.2, 0.25) is 0 Å². The summed E-state index contributed by atoms with van der Waals surface area (Å²) < 4.78 is 0. The highest BCUT2D eigenvalue weighted by Gasteiger charge is 2.32. The Hall–Kier alpha value is -0.860. The maximum atomic E-state index is 3.61. The van der Waals surface area contributed by atoms with E-state index in [0.29, 0.717) is 6.04 Å². The van der Waals surface area contributed by atoms with Crippen molar-refractivity contribution in [2.45, 2.75) is 44.7 Å². The maximum absolute atomic E-state index is 3.61. The van der Waals surface area contributed by atoms with Gasteiger partial charge in [-0.2, -0.15) is 0 Å². The molecular weight excluding hydrogens is 220 g/mol. The van der Waals surface area contributed by atoms with Crippen molar-refractivity contribution in [1.82, 2.24) is 10.2 Å². The minimum absolute atomic E-state index is 0.255. The third-order valence-corrected chi connectivity index (χ3v) is 4.38. The first-order valence-corrected chi connectivity index (χ1v) is 7.23. The summed E-state index contributed by atoms with van der Waals surface area (Å²) in [6.45, 7) is 8.09. The van der Waals surface area contributed by atoms with Gasteiger partial charge in [0.15, 0.2) is 0 Å². The van der Waals surface area contributed by atoms with Crippen molar-refractivity contribution in [1.29, 1.82) is 0 Å². The fourth-order valence-corrected chi connectivity index (χ4v) is 3.55. The Morgan fingerprint density at radius 3 is 2.94 bits per heavy atom. The van der Waals surface area contributed by atoms with Crippen molar-refractivity contribution in [3.63, 3.8) is 0 Å². The predicted molar refractivity (Wildman–Crippen MR) is 75.8 cm³/mol. The topological polar surface area (TPSA) is 15.3 Å². The van der Waals surface area contributed by atoms with Gasteiger partial charge in [-0.3, -0.25) is 4.90 Å². The molecule has 0 radical (unpaired) electrons. The zero-order chi connectivity index (χ0) is 12.6. The summed E-state index contributed by atoms with van der Waals surface area (Å²) in [5.41, 5.74) is 3.41. The molecule has 1 fully saturated rings. The van der Waals surface area contributed by atoms with E-state index in [1.807, 2.05) is 0 Å². The lowest BCUT2D eigenvalue weighted by Gasteiger charge is -2.44. The molecule has 0 bridgehead atoms. The van der Waals surface area contributed by atoms with Gasteiger partial charge in [0, 0.05) is 31.2 Å². The Morgan fingerprint density at radius 2 is 2.11 bits per heavy atom. The summed E-state index contributed by atoms with van der Waals surface area (Å²) in [7, 11) is 0. The lowest BCUT2D eigenvalue weighted by atomic mass is 9.85. The van der Waals surface area contributed by atoms with Crippen molar-refractivity contribution in [2.24, 2.45) is 0 Å². The van der Waals surface area contributed by atoms with E-state index in [1.54, 1.807) is 11.1 Å². The fourth-order valence-electron chi connectivity index (χ4n) is 3.55. The summed E-state index contributed by atoms with van der Waals surface area (Å²) in [4.78, 5) is 2.69. The lowest BCUT2D eigenvalue weighted by Crippen LogP contribution is -2.57. The Bertz CT molecular complexity index is 425. The largest absolute Gasteiger partial charge is 0.309 e. The molecule has 0 amide bonds. The van der Waals surface area contributed by atoms with Crippen molar-refractivity contribution in [2.75, 3.05) is 19.6 Å². The van der Waals surface area contributed by atoms with Crippen LogP contribution < -0.4 is 5.32 Å². The molecule has 1 aromatic carbocycles. The van der Waals surface area contributed by atoms with Crippen molar-refractivity contribution in [3.05, 3.63) is 35.4 Å². The average Bonchev–Trinajstić information content (AvgIpc) is 2.37. The molecule has 1 unspecified atom stereocenters. The summed E-state index contributed by atoms with van der Waals surface area (Å²) in [5.74, 6) is 0. The van der Waals surface area contributed by atoms with Crippen LogP contribution in [-0.4, -0.2) is 30.1 Å². The van der Waals surface area contributed by atoms with Crippen LogP contribution in [0.15, 0.2) is 24.3 Å². The van der Waals surface area contributed by atoms with Crippen LogP contribution >= 0.6 is 0 Å². The SMILES string of the molecule is CC1(C)CN(C2CCCc3ccccc32)CCN1. The molecule has 0 spiro atoms. The summed E-state index contributed by atoms with van der Waals surface area (Å²) in [6.07, 6.45) is 3.93. The normalized spacial score (nSPS) is 27.8. The molecule has 1 atom stereocenters. The number of benzene rings is 1. The number of fused-ring (bicyclic) bond motifs is 1. The molecule has 2 aliphatic rings. The Morgan fingerprint density at radius 1 is 1.28 bits per heavy atom. The van der Waals surface area contributed by atoms with Gasteiger partial charge in [-0.15, -0.1) is 0 Å². The molecule has 2 heteroatoms. The van der Waals surface area contributed by atoms with Gasteiger partial charge >= 0.3 is 0 Å². The van der Waals surface area contributed by atoms with Gasteiger partial charge in [-0.25, -0.2) is 0 Å². The molecular formula is C16H24N2. The first kappa shape index (κ1) is 12.2. The molecule has 2 nitrogen and oxygen atoms in total. The third kappa shape index (κ3) is 2.32. The monoisotopic (exact) mass is 244 g/mol. The standard InChI is InChI=1S/C16H24N2/c1-16(2)12-18(11-10-17-16)15-9-5-7-13-6-3-4-8-14(13)15/h3-4,6,8,15,17H,5,7,9-12H2,1-2H3. The number of nitrogens with one attached hydrogen (secondary N) is 1. The van der Waals surface area contributed by atoms with E-state index < -0.39 is 0 Å². The summed E-state index contributed by atoms with van der Waals surface area (Å²) in [5, 5.41) is 3.61. The summed E-state index contributed by atoms with van der Waals surface area (Å²) >= 11 is 0. The highest BCUT2D eigenvalue weighted by atomic mass is 15.2. The quantitative estimate of drug-likeness (QED) is 0.817. The average molecular weight is 244 g/mol. The van der Waals surface area contributed by atoms with Crippen LogP contribution in [-0.2, 0) is 6.42 Å². The van der Waals surface area contributed by atoms with Crippen molar-refractivity contribution in [3.8, 4) is 0 Å². The molecule has 1 aliphatic heterocycles. The number of rotatable bonds is 1. The van der Waals surface area contributed by atoms with E-state index >= 15 is 0 Å². The maximum Gasteiger partial charge on any atom is 0.0352 e. The minimum Gasteiger partial charge on any atom is -0.309 e. The number of aryl methyl sites for hydroxylation is 1. The highest BCUT2D eigenvalue weighted by Crippen LogP contribution is 2.35. The Kier molecular flexibility index (Phi) is 3.16. The van der Waals surface area contributed by atoms with E-state index in [1.165, 1.54) is 25.8 Å². The Labute approximate surface area is 110 Å². The number of hydrogen-bond donors (Lipinski definition) is 1. The number of nitrogens with zero attached hydrogens (tertiary/aromatic N) is 1. The van der Waals surface area contributed by atoms with Crippen LogP contribution in [0.1, 0.15) is 43.9 Å². The molecule has 18 heavy (non-hydrogen) atoms. The lowest BCUT2D eigenvalue weighted by molar-refractivity contribution is 0.0990. The molecule has 1 saturated heterocycles. The Balaban J connectivity index is 1.85. The first-order valence-electron chi connectivity index (χ1n) is 7.23. The summed E-state index contributed by atoms with van der Waals surface area (Å²) in [6, 6.07) is 9.69. The van der Waals surface area contributed by atoms with Crippen LogP contribution in [0.3, 0.4) is 0 Å². The molecule has 1 aromatic rings. The number of piperazine rings is 1. The van der Waals surface area contributed by atoms with E-state index in [-0.39, 0.29) is 5.54 Å². The fraction of sp³-hybridized carbons (Fsp3) is 0.625. The molecule has 3 rings (SSSR count). The van der Waals surface area contributed by atoms with Gasteiger partial charge in [0.05, 0.1) is 0 Å². The van der Waals surface area contributed by atoms with E-state index in [0.717, 1.165) is 13.1 Å². The second-order valence-electron chi connectivity index (χ2n) is 6.39. The van der Waals surface area contributed by atoms with Crippen molar-refractivity contribution >= 4 is 0 Å². The van der Waals surface area contributed by atoms with Crippen LogP contribution in [0.25, 0.3) is 0 Å². The second-order valence-corrected chi connectivity index (χ2v) is 6.39. The molecule has 1 N–H and O–H groups in total. The van der Waals surface area contributed by atoms with Gasteiger partial charge in [-0.1, -0.05) is 24.3 Å². The zero-order valence-electron chi connectivity index (χ0n) is 11.6. The van der Waals surface area contributed by atoms with Crippen LogP contribution in [0, 0.1) is 0 Å². The third-order valence-electron chi connectivity index (χ3n) is 4.38. The van der Waals surface area contributed by atoms with E-state index in [4.69, 9.17) is 0 Å². The molecule has 1 heterocycles. The highest BCUT2D eigenvalue weighted by molar-refractivity contribution is 5.32. The van der Waals surface area contributed by atoms with E-state index in [2.05, 4.69) is 48.3 Å². The molecule has 1 aliphatic carbocycles. The zero-order valence-corrected chi connectivity index (χ0v) is 11.6. The van der Waals surface area contributed by atoms with Crippen LogP contribution in [0.5, 0.6) is 0 Å². The minimum atomic E-state index is 0.255. The van der Waals surface area contributed by atoms with Gasteiger partial charge in [0.2, 0.25) is 0 Å². The molecule has 98 valence electrons. The van der Waals surface area contributed by atoms with Crippen molar-refractivity contribution < 1.29 is 0 Å². The smallest absolute Gasteiger partial charge is 0.0352 e. The predicted octanol–water partition coefficient (Wildman–Crippen LogP) is 2.75. The van der Waals surface area contributed by atoms with Gasteiger partial charge in [-0.05, 0) is 44.2 Å². The van der Waals surface area contributed by atoms with Gasteiger partial charge < -0.3 is 5.32 Å². The van der Waals surface area contributed by atoms with Gasteiger partial charge in [0.25, 0.3) is 0 Å². The molecule has 0 saturated carbocycles. The van der Waals surface area contributed by atoms with Gasteiger partial charge in [0.1, 0.15) is 0 Å². The first-order chi connectivity index (χ1) is 8.66. The molecule has 0 aromatic heterocycles.